The van der Waals surface area contributed by atoms with Crippen molar-refractivity contribution in [2.45, 2.75) is 51.6 Å². The molecule has 0 bridgehead atoms. The summed E-state index contributed by atoms with van der Waals surface area (Å²) in [6, 6.07) is 3.98. The zero-order valence-corrected chi connectivity index (χ0v) is 11.8. The van der Waals surface area contributed by atoms with Crippen molar-refractivity contribution in [2.24, 2.45) is 0 Å². The van der Waals surface area contributed by atoms with Gasteiger partial charge in [-0.3, -0.25) is 0 Å². The molecule has 0 saturated carbocycles. The number of hydrogen-bond acceptors (Lipinski definition) is 2. The van der Waals surface area contributed by atoms with Crippen LogP contribution < -0.4 is 4.90 Å². The van der Waals surface area contributed by atoms with E-state index in [2.05, 4.69) is 6.92 Å². The zero-order chi connectivity index (χ0) is 14.4. The number of fused-ring (bicyclic) bond motifs is 1. The lowest BCUT2D eigenvalue weighted by Gasteiger charge is -2.49. The Balaban J connectivity index is 2.60. The zero-order valence-electron chi connectivity index (χ0n) is 11.8. The highest BCUT2D eigenvalue weighted by molar-refractivity contribution is 5.79. The van der Waals surface area contributed by atoms with Crippen LogP contribution in [0.5, 0.6) is 0 Å². The van der Waals surface area contributed by atoms with Gasteiger partial charge in [0.1, 0.15) is 11.9 Å². The summed E-state index contributed by atoms with van der Waals surface area (Å²) in [5.41, 5.74) is 1.42. The predicted molar refractivity (Wildman–Crippen MR) is 73.1 cm³/mol. The van der Waals surface area contributed by atoms with E-state index in [1.807, 2.05) is 18.7 Å². The summed E-state index contributed by atoms with van der Waals surface area (Å²) in [5, 5.41) is 9.29. The van der Waals surface area contributed by atoms with Crippen LogP contribution in [0.25, 0.3) is 0 Å². The maximum absolute atomic E-state index is 13.5. The monoisotopic (exact) mass is 265 g/mol. The van der Waals surface area contributed by atoms with Crippen LogP contribution in [0.1, 0.15) is 45.6 Å². The molecule has 0 spiro atoms. The molecule has 0 unspecified atom stereocenters. The molecule has 0 amide bonds. The average molecular weight is 265 g/mol. The van der Waals surface area contributed by atoms with Gasteiger partial charge in [0.15, 0.2) is 0 Å². The SMILES string of the molecule is C[C@H](C(=O)O)N1c2cc(F)ccc2[C@@H](C)CC1(C)C. The number of aliphatic carboxylic acids is 1. The fourth-order valence-corrected chi connectivity index (χ4v) is 3.27. The molecule has 1 aliphatic heterocycles. The van der Waals surface area contributed by atoms with Crippen LogP contribution in [-0.4, -0.2) is 22.7 Å². The van der Waals surface area contributed by atoms with Gasteiger partial charge in [-0.25, -0.2) is 9.18 Å². The van der Waals surface area contributed by atoms with E-state index in [0.29, 0.717) is 11.6 Å². The smallest absolute Gasteiger partial charge is 0.326 e. The second kappa shape index (κ2) is 4.51. The normalized spacial score (nSPS) is 22.8. The fraction of sp³-hybridized carbons (Fsp3) is 0.533. The Bertz CT molecular complexity index is 513. The van der Waals surface area contributed by atoms with E-state index in [1.54, 1.807) is 13.0 Å². The molecule has 1 aromatic rings. The highest BCUT2D eigenvalue weighted by Crippen LogP contribution is 2.44. The van der Waals surface area contributed by atoms with Crippen molar-refractivity contribution in [1.29, 1.82) is 0 Å². The molecular weight excluding hydrogens is 245 g/mol. The molecule has 4 heteroatoms. The Kier molecular flexibility index (Phi) is 3.29. The van der Waals surface area contributed by atoms with E-state index in [-0.39, 0.29) is 11.4 Å². The molecule has 0 fully saturated rings. The lowest BCUT2D eigenvalue weighted by molar-refractivity contribution is -0.138. The molecule has 2 atom stereocenters. The number of benzene rings is 1. The minimum Gasteiger partial charge on any atom is -0.480 e. The molecule has 0 radical (unpaired) electrons. The number of carbonyl (C=O) groups is 1. The van der Waals surface area contributed by atoms with Crippen molar-refractivity contribution in [3.63, 3.8) is 0 Å². The number of nitrogens with zero attached hydrogens (tertiary/aromatic N) is 1. The Morgan fingerprint density at radius 2 is 2.16 bits per heavy atom. The first-order chi connectivity index (χ1) is 8.74. The standard InChI is InChI=1S/C15H20FNO2/c1-9-8-15(3,4)17(10(2)14(18)19)13-7-11(16)5-6-12(9)13/h5-7,9-10H,8H2,1-4H3,(H,18,19)/t9-,10+/m0/s1. The third-order valence-electron chi connectivity index (χ3n) is 3.99. The van der Waals surface area contributed by atoms with Crippen LogP contribution in [0.3, 0.4) is 0 Å². The number of carboxylic acid groups (broad SMARTS) is 1. The number of halogens is 1. The summed E-state index contributed by atoms with van der Waals surface area (Å²) in [4.78, 5) is 13.2. The van der Waals surface area contributed by atoms with Gasteiger partial charge in [0.05, 0.1) is 0 Å². The van der Waals surface area contributed by atoms with Crippen LogP contribution in [0.15, 0.2) is 18.2 Å². The third kappa shape index (κ3) is 2.31. The topological polar surface area (TPSA) is 40.5 Å². The molecule has 0 aliphatic carbocycles. The third-order valence-corrected chi connectivity index (χ3v) is 3.99. The summed E-state index contributed by atoms with van der Waals surface area (Å²) >= 11 is 0. The van der Waals surface area contributed by atoms with Crippen LogP contribution in [0.4, 0.5) is 10.1 Å². The van der Waals surface area contributed by atoms with Gasteiger partial charge in [0, 0.05) is 11.2 Å². The van der Waals surface area contributed by atoms with Crippen LogP contribution in [0.2, 0.25) is 0 Å². The highest BCUT2D eigenvalue weighted by atomic mass is 19.1. The fourth-order valence-electron chi connectivity index (χ4n) is 3.27. The summed E-state index contributed by atoms with van der Waals surface area (Å²) in [6.45, 7) is 7.77. The van der Waals surface area contributed by atoms with Crippen molar-refractivity contribution in [1.82, 2.24) is 0 Å². The first-order valence-corrected chi connectivity index (χ1v) is 6.55. The summed E-state index contributed by atoms with van der Waals surface area (Å²) in [7, 11) is 0. The largest absolute Gasteiger partial charge is 0.480 e. The van der Waals surface area contributed by atoms with E-state index in [1.165, 1.54) is 12.1 Å². The summed E-state index contributed by atoms with van der Waals surface area (Å²) < 4.78 is 13.5. The van der Waals surface area contributed by atoms with Crippen LogP contribution >= 0.6 is 0 Å². The van der Waals surface area contributed by atoms with E-state index in [9.17, 15) is 14.3 Å². The van der Waals surface area contributed by atoms with E-state index < -0.39 is 12.0 Å². The van der Waals surface area contributed by atoms with E-state index in [4.69, 9.17) is 0 Å². The predicted octanol–water partition coefficient (Wildman–Crippen LogP) is 3.39. The van der Waals surface area contributed by atoms with Gasteiger partial charge < -0.3 is 10.0 Å². The van der Waals surface area contributed by atoms with Crippen molar-refractivity contribution >= 4 is 11.7 Å². The van der Waals surface area contributed by atoms with Crippen molar-refractivity contribution in [3.8, 4) is 0 Å². The minimum atomic E-state index is -0.891. The molecular formula is C15H20FNO2. The van der Waals surface area contributed by atoms with Gasteiger partial charge in [-0.1, -0.05) is 13.0 Å². The van der Waals surface area contributed by atoms with Crippen molar-refractivity contribution in [3.05, 3.63) is 29.6 Å². The Labute approximate surface area is 113 Å². The second-order valence-corrected chi connectivity index (χ2v) is 6.00. The van der Waals surface area contributed by atoms with Gasteiger partial charge in [-0.15, -0.1) is 0 Å². The van der Waals surface area contributed by atoms with Gasteiger partial charge in [0.2, 0.25) is 0 Å². The molecule has 1 aliphatic rings. The summed E-state index contributed by atoms with van der Waals surface area (Å²) in [5.74, 6) is -0.924. The lowest BCUT2D eigenvalue weighted by atomic mass is 9.79. The Morgan fingerprint density at radius 3 is 2.74 bits per heavy atom. The Morgan fingerprint density at radius 1 is 1.53 bits per heavy atom. The molecule has 104 valence electrons. The average Bonchev–Trinajstić information content (AvgIpc) is 2.26. The number of hydrogen-bond donors (Lipinski definition) is 1. The quantitative estimate of drug-likeness (QED) is 0.891. The van der Waals surface area contributed by atoms with Gasteiger partial charge in [0.25, 0.3) is 0 Å². The molecule has 3 nitrogen and oxygen atoms in total. The lowest BCUT2D eigenvalue weighted by Crippen LogP contribution is -2.55. The molecule has 2 rings (SSSR count). The second-order valence-electron chi connectivity index (χ2n) is 6.00. The van der Waals surface area contributed by atoms with Crippen molar-refractivity contribution in [2.75, 3.05) is 4.90 Å². The number of carboxylic acids is 1. The van der Waals surface area contributed by atoms with Crippen LogP contribution in [0, 0.1) is 5.82 Å². The van der Waals surface area contributed by atoms with Crippen molar-refractivity contribution < 1.29 is 14.3 Å². The molecule has 1 N–H and O–H groups in total. The van der Waals surface area contributed by atoms with Gasteiger partial charge >= 0.3 is 5.97 Å². The number of anilines is 1. The first kappa shape index (κ1) is 13.8. The minimum absolute atomic E-state index is 0.294. The maximum Gasteiger partial charge on any atom is 0.326 e. The molecule has 0 aromatic heterocycles. The number of rotatable bonds is 2. The molecule has 1 heterocycles. The van der Waals surface area contributed by atoms with Gasteiger partial charge in [-0.2, -0.15) is 0 Å². The van der Waals surface area contributed by atoms with Gasteiger partial charge in [-0.05, 0) is 50.8 Å². The molecule has 1 aromatic carbocycles. The van der Waals surface area contributed by atoms with E-state index >= 15 is 0 Å². The maximum atomic E-state index is 13.5. The highest BCUT2D eigenvalue weighted by Gasteiger charge is 2.40. The first-order valence-electron chi connectivity index (χ1n) is 6.55. The van der Waals surface area contributed by atoms with Crippen LogP contribution in [-0.2, 0) is 4.79 Å². The Hall–Kier alpha value is -1.58. The van der Waals surface area contributed by atoms with E-state index in [0.717, 1.165) is 12.0 Å². The summed E-state index contributed by atoms with van der Waals surface area (Å²) in [6.07, 6.45) is 0.850. The molecule has 19 heavy (non-hydrogen) atoms. The molecule has 0 saturated heterocycles.